The number of halogens is 1. The number of nitrogens with two attached hydrogens (primary N) is 1. The summed E-state index contributed by atoms with van der Waals surface area (Å²) in [7, 11) is 3.23. The van der Waals surface area contributed by atoms with Gasteiger partial charge in [0.15, 0.2) is 0 Å². The van der Waals surface area contributed by atoms with Gasteiger partial charge in [-0.15, -0.1) is 0 Å². The quantitative estimate of drug-likeness (QED) is 0.883. The molecule has 5 heteroatoms. The van der Waals surface area contributed by atoms with Gasteiger partial charge in [-0.1, -0.05) is 35.9 Å². The van der Waals surface area contributed by atoms with Gasteiger partial charge in [0, 0.05) is 18.6 Å². The van der Waals surface area contributed by atoms with Crippen LogP contribution in [-0.2, 0) is 6.54 Å². The third-order valence-electron chi connectivity index (χ3n) is 3.23. The van der Waals surface area contributed by atoms with Crippen molar-refractivity contribution in [1.29, 1.82) is 0 Å². The topological polar surface area (TPSA) is 55.6 Å². The van der Waals surface area contributed by atoms with E-state index in [1.165, 1.54) is 7.11 Å². The van der Waals surface area contributed by atoms with Crippen LogP contribution in [-0.4, -0.2) is 25.0 Å². The minimum atomic E-state index is -0.175. The van der Waals surface area contributed by atoms with E-state index < -0.39 is 0 Å². The van der Waals surface area contributed by atoms with Gasteiger partial charge in [0.25, 0.3) is 5.91 Å². The fourth-order valence-corrected chi connectivity index (χ4v) is 2.26. The molecule has 0 aromatic heterocycles. The molecule has 2 aromatic rings. The number of para-hydroxylation sites is 1. The Balaban J connectivity index is 2.22. The van der Waals surface area contributed by atoms with Gasteiger partial charge in [0.05, 0.1) is 18.4 Å². The number of benzene rings is 2. The summed E-state index contributed by atoms with van der Waals surface area (Å²) in [4.78, 5) is 14.1. The van der Waals surface area contributed by atoms with E-state index in [4.69, 9.17) is 22.1 Å². The van der Waals surface area contributed by atoms with Crippen LogP contribution in [0.1, 0.15) is 15.9 Å². The lowest BCUT2D eigenvalue weighted by Gasteiger charge is -2.19. The van der Waals surface area contributed by atoms with Crippen LogP contribution >= 0.6 is 11.6 Å². The van der Waals surface area contributed by atoms with Crippen LogP contribution in [0.3, 0.4) is 0 Å². The lowest BCUT2D eigenvalue weighted by molar-refractivity contribution is 0.0786. The Morgan fingerprint density at radius 2 is 1.95 bits per heavy atom. The van der Waals surface area contributed by atoms with Crippen molar-refractivity contribution in [2.24, 2.45) is 0 Å². The predicted octanol–water partition coefficient (Wildman–Crippen LogP) is 3.20. The summed E-state index contributed by atoms with van der Waals surface area (Å²) >= 11 is 6.12. The Bertz CT molecular complexity index is 658. The third kappa shape index (κ3) is 3.28. The van der Waals surface area contributed by atoms with E-state index in [1.807, 2.05) is 18.2 Å². The molecule has 2 N–H and O–H groups in total. The second-order valence-electron chi connectivity index (χ2n) is 4.67. The lowest BCUT2D eigenvalue weighted by atomic mass is 10.1. The zero-order valence-corrected chi connectivity index (χ0v) is 12.7. The molecular formula is C16H17ClN2O2. The molecule has 0 fully saturated rings. The van der Waals surface area contributed by atoms with Crippen LogP contribution in [0, 0.1) is 0 Å². The molecule has 0 atom stereocenters. The maximum Gasteiger partial charge on any atom is 0.256 e. The third-order valence-corrected chi connectivity index (χ3v) is 3.60. The second kappa shape index (κ2) is 6.50. The molecular weight excluding hydrogens is 288 g/mol. The average Bonchev–Trinajstić information content (AvgIpc) is 2.49. The smallest absolute Gasteiger partial charge is 0.256 e. The standard InChI is InChI=1S/C16H17ClN2O2/c1-19(10-11-6-3-4-8-13(11)17)16(20)12-7-5-9-14(21-2)15(12)18/h3-9H,10,18H2,1-2H3. The summed E-state index contributed by atoms with van der Waals surface area (Å²) in [5.41, 5.74) is 7.61. The number of carbonyl (C=O) groups is 1. The molecule has 0 aliphatic carbocycles. The molecule has 0 spiro atoms. The maximum absolute atomic E-state index is 12.5. The van der Waals surface area contributed by atoms with Crippen molar-refractivity contribution in [3.05, 3.63) is 58.6 Å². The molecule has 21 heavy (non-hydrogen) atoms. The van der Waals surface area contributed by atoms with Crippen molar-refractivity contribution in [2.75, 3.05) is 19.9 Å². The number of ether oxygens (including phenoxy) is 1. The van der Waals surface area contributed by atoms with Gasteiger partial charge in [-0.25, -0.2) is 0 Å². The van der Waals surface area contributed by atoms with Crippen LogP contribution < -0.4 is 10.5 Å². The average molecular weight is 305 g/mol. The molecule has 2 aromatic carbocycles. The van der Waals surface area contributed by atoms with Crippen molar-refractivity contribution in [3.63, 3.8) is 0 Å². The maximum atomic E-state index is 12.5. The largest absolute Gasteiger partial charge is 0.495 e. The molecule has 1 amide bonds. The molecule has 0 radical (unpaired) electrons. The van der Waals surface area contributed by atoms with Crippen LogP contribution in [0.5, 0.6) is 5.75 Å². The van der Waals surface area contributed by atoms with Gasteiger partial charge in [-0.2, -0.15) is 0 Å². The van der Waals surface area contributed by atoms with Crippen molar-refractivity contribution in [1.82, 2.24) is 4.90 Å². The molecule has 110 valence electrons. The summed E-state index contributed by atoms with van der Waals surface area (Å²) in [6.45, 7) is 0.412. The van der Waals surface area contributed by atoms with Gasteiger partial charge in [-0.05, 0) is 23.8 Å². The van der Waals surface area contributed by atoms with E-state index in [0.29, 0.717) is 28.6 Å². The summed E-state index contributed by atoms with van der Waals surface area (Å²) < 4.78 is 5.14. The number of nitrogen functional groups attached to an aromatic ring is 1. The minimum Gasteiger partial charge on any atom is -0.495 e. The van der Waals surface area contributed by atoms with E-state index in [1.54, 1.807) is 36.2 Å². The first-order chi connectivity index (χ1) is 10.0. The van der Waals surface area contributed by atoms with Crippen molar-refractivity contribution in [2.45, 2.75) is 6.54 Å². The Kier molecular flexibility index (Phi) is 4.70. The first-order valence-electron chi connectivity index (χ1n) is 6.46. The molecule has 4 nitrogen and oxygen atoms in total. The fourth-order valence-electron chi connectivity index (χ4n) is 2.07. The van der Waals surface area contributed by atoms with Gasteiger partial charge < -0.3 is 15.4 Å². The Labute approximate surface area is 129 Å². The summed E-state index contributed by atoms with van der Waals surface area (Å²) in [6, 6.07) is 12.6. The number of hydrogen-bond donors (Lipinski definition) is 1. The molecule has 0 aliphatic rings. The number of methoxy groups -OCH3 is 1. The van der Waals surface area contributed by atoms with Gasteiger partial charge >= 0.3 is 0 Å². The summed E-state index contributed by atoms with van der Waals surface area (Å²) in [6.07, 6.45) is 0. The predicted molar refractivity (Wildman–Crippen MR) is 84.7 cm³/mol. The monoisotopic (exact) mass is 304 g/mol. The number of nitrogens with zero attached hydrogens (tertiary/aromatic N) is 1. The van der Waals surface area contributed by atoms with E-state index in [2.05, 4.69) is 0 Å². The highest BCUT2D eigenvalue weighted by Gasteiger charge is 2.17. The van der Waals surface area contributed by atoms with Crippen molar-refractivity contribution >= 4 is 23.2 Å². The number of carbonyl (C=O) groups excluding carboxylic acids is 1. The van der Waals surface area contributed by atoms with Crippen molar-refractivity contribution in [3.8, 4) is 5.75 Å². The van der Waals surface area contributed by atoms with Gasteiger partial charge in [-0.3, -0.25) is 4.79 Å². The van der Waals surface area contributed by atoms with Gasteiger partial charge in [0.2, 0.25) is 0 Å². The van der Waals surface area contributed by atoms with Gasteiger partial charge in [0.1, 0.15) is 5.75 Å². The molecule has 0 bridgehead atoms. The Morgan fingerprint density at radius 3 is 2.62 bits per heavy atom. The van der Waals surface area contributed by atoms with E-state index in [9.17, 15) is 4.79 Å². The van der Waals surface area contributed by atoms with E-state index in [0.717, 1.165) is 5.56 Å². The Hall–Kier alpha value is -2.20. The minimum absolute atomic E-state index is 0.175. The fraction of sp³-hybridized carbons (Fsp3) is 0.188. The Morgan fingerprint density at radius 1 is 1.24 bits per heavy atom. The molecule has 0 saturated carbocycles. The summed E-state index contributed by atoms with van der Waals surface area (Å²) in [5.74, 6) is 0.318. The van der Waals surface area contributed by atoms with E-state index >= 15 is 0 Å². The van der Waals surface area contributed by atoms with E-state index in [-0.39, 0.29) is 5.91 Å². The number of amides is 1. The SMILES string of the molecule is COc1cccc(C(=O)N(C)Cc2ccccc2Cl)c1N. The van der Waals surface area contributed by atoms with Crippen LogP contribution in [0.4, 0.5) is 5.69 Å². The molecule has 0 heterocycles. The molecule has 0 unspecified atom stereocenters. The normalized spacial score (nSPS) is 10.2. The highest BCUT2D eigenvalue weighted by molar-refractivity contribution is 6.31. The lowest BCUT2D eigenvalue weighted by Crippen LogP contribution is -2.27. The zero-order chi connectivity index (χ0) is 15.4. The van der Waals surface area contributed by atoms with Crippen LogP contribution in [0.2, 0.25) is 5.02 Å². The molecule has 0 aliphatic heterocycles. The zero-order valence-electron chi connectivity index (χ0n) is 12.0. The number of rotatable bonds is 4. The van der Waals surface area contributed by atoms with Crippen LogP contribution in [0.25, 0.3) is 0 Å². The van der Waals surface area contributed by atoms with Crippen LogP contribution in [0.15, 0.2) is 42.5 Å². The highest BCUT2D eigenvalue weighted by atomic mass is 35.5. The summed E-state index contributed by atoms with van der Waals surface area (Å²) in [5, 5.41) is 0.635. The molecule has 0 saturated heterocycles. The first-order valence-corrected chi connectivity index (χ1v) is 6.83. The first kappa shape index (κ1) is 15.2. The second-order valence-corrected chi connectivity index (χ2v) is 5.08. The number of anilines is 1. The molecule has 2 rings (SSSR count). The van der Waals surface area contributed by atoms with Crippen molar-refractivity contribution < 1.29 is 9.53 Å². The number of hydrogen-bond acceptors (Lipinski definition) is 3. The highest BCUT2D eigenvalue weighted by Crippen LogP contribution is 2.26.